The fourth-order valence-electron chi connectivity index (χ4n) is 2.18. The molecule has 2 rings (SSSR count). The van der Waals surface area contributed by atoms with Gasteiger partial charge < -0.3 is 15.3 Å². The molecule has 20 heavy (non-hydrogen) atoms. The van der Waals surface area contributed by atoms with Crippen molar-refractivity contribution in [2.24, 2.45) is 5.92 Å². The molecule has 0 aromatic heterocycles. The Bertz CT molecular complexity index is 536. The maximum absolute atomic E-state index is 11.8. The molecular weight excluding hydrogens is 303 g/mol. The molecule has 1 heterocycles. The summed E-state index contributed by atoms with van der Waals surface area (Å²) in [6.07, 6.45) is 0.0329. The van der Waals surface area contributed by atoms with E-state index in [0.717, 1.165) is 5.56 Å². The Morgan fingerprint density at radius 3 is 2.85 bits per heavy atom. The van der Waals surface area contributed by atoms with Gasteiger partial charge in [0.1, 0.15) is 0 Å². The third-order valence-corrected chi connectivity index (χ3v) is 3.73. The first-order valence-electron chi connectivity index (χ1n) is 6.14. The van der Waals surface area contributed by atoms with E-state index < -0.39 is 5.97 Å². The van der Waals surface area contributed by atoms with Crippen molar-refractivity contribution >= 4 is 35.2 Å². The number of carboxylic acid groups (broad SMARTS) is 1. The summed E-state index contributed by atoms with van der Waals surface area (Å²) in [6, 6.07) is 4.88. The third-order valence-electron chi connectivity index (χ3n) is 3.15. The quantitative estimate of drug-likeness (QED) is 0.897. The van der Waals surface area contributed by atoms with E-state index >= 15 is 0 Å². The lowest BCUT2D eigenvalue weighted by Crippen LogP contribution is -2.51. The van der Waals surface area contributed by atoms with Crippen LogP contribution >= 0.6 is 23.2 Å². The highest BCUT2D eigenvalue weighted by atomic mass is 35.5. The van der Waals surface area contributed by atoms with Gasteiger partial charge in [0.2, 0.25) is 0 Å². The van der Waals surface area contributed by atoms with Crippen LogP contribution in [0, 0.1) is 5.92 Å². The number of amides is 2. The number of aliphatic carboxylic acids is 1. The van der Waals surface area contributed by atoms with Gasteiger partial charge in [-0.3, -0.25) is 4.79 Å². The van der Waals surface area contributed by atoms with Gasteiger partial charge in [-0.05, 0) is 17.7 Å². The van der Waals surface area contributed by atoms with Crippen molar-refractivity contribution in [3.05, 3.63) is 33.8 Å². The molecule has 1 aromatic carbocycles. The Hall–Kier alpha value is -1.46. The van der Waals surface area contributed by atoms with E-state index in [2.05, 4.69) is 5.32 Å². The lowest BCUT2D eigenvalue weighted by atomic mass is 10.0. The van der Waals surface area contributed by atoms with Crippen molar-refractivity contribution in [2.45, 2.75) is 13.0 Å². The fourth-order valence-corrected chi connectivity index (χ4v) is 2.65. The van der Waals surface area contributed by atoms with Gasteiger partial charge in [-0.2, -0.15) is 0 Å². The van der Waals surface area contributed by atoms with Gasteiger partial charge in [0.25, 0.3) is 0 Å². The van der Waals surface area contributed by atoms with Crippen LogP contribution in [0.5, 0.6) is 0 Å². The summed E-state index contributed by atoms with van der Waals surface area (Å²) in [5.41, 5.74) is 0.780. The largest absolute Gasteiger partial charge is 0.481 e. The molecule has 2 N–H and O–H groups in total. The van der Waals surface area contributed by atoms with Gasteiger partial charge in [0.15, 0.2) is 0 Å². The number of benzene rings is 1. The van der Waals surface area contributed by atoms with E-state index in [1.54, 1.807) is 23.1 Å². The molecule has 7 heteroatoms. The van der Waals surface area contributed by atoms with Gasteiger partial charge >= 0.3 is 12.0 Å². The van der Waals surface area contributed by atoms with Crippen LogP contribution in [0.4, 0.5) is 4.79 Å². The molecule has 1 aromatic rings. The summed E-state index contributed by atoms with van der Waals surface area (Å²) in [5, 5.41) is 12.5. The molecule has 1 saturated heterocycles. The summed E-state index contributed by atoms with van der Waals surface area (Å²) in [6.45, 7) is 1.12. The number of hydrogen-bond acceptors (Lipinski definition) is 2. The molecule has 1 unspecified atom stereocenters. The van der Waals surface area contributed by atoms with Gasteiger partial charge in [-0.15, -0.1) is 0 Å². The highest BCUT2D eigenvalue weighted by molar-refractivity contribution is 6.35. The number of hydrogen-bond donors (Lipinski definition) is 2. The van der Waals surface area contributed by atoms with Gasteiger partial charge in [-0.1, -0.05) is 29.3 Å². The number of nitrogens with one attached hydrogen (secondary N) is 1. The Morgan fingerprint density at radius 2 is 2.20 bits per heavy atom. The molecule has 1 atom stereocenters. The molecule has 5 nitrogen and oxygen atoms in total. The summed E-state index contributed by atoms with van der Waals surface area (Å²) >= 11 is 11.9. The number of rotatable bonds is 4. The topological polar surface area (TPSA) is 69.6 Å². The lowest BCUT2D eigenvalue weighted by molar-refractivity contribution is -0.138. The molecule has 1 fully saturated rings. The molecule has 0 aliphatic carbocycles. The molecule has 0 saturated carbocycles. The second-order valence-corrected chi connectivity index (χ2v) is 5.61. The van der Waals surface area contributed by atoms with Crippen LogP contribution in [0.25, 0.3) is 0 Å². The van der Waals surface area contributed by atoms with Crippen LogP contribution < -0.4 is 5.32 Å². The molecular formula is C13H14Cl2N2O3. The monoisotopic (exact) mass is 316 g/mol. The first-order valence-corrected chi connectivity index (χ1v) is 6.90. The predicted octanol–water partition coefficient (Wildman–Crippen LogP) is 2.61. The summed E-state index contributed by atoms with van der Waals surface area (Å²) in [7, 11) is 0. The smallest absolute Gasteiger partial charge is 0.317 e. The van der Waals surface area contributed by atoms with Crippen LogP contribution in [0.3, 0.4) is 0 Å². The minimum absolute atomic E-state index is 0.0329. The number of halogens is 2. The van der Waals surface area contributed by atoms with Gasteiger partial charge in [0, 0.05) is 35.6 Å². The highest BCUT2D eigenvalue weighted by Crippen LogP contribution is 2.23. The van der Waals surface area contributed by atoms with Crippen LogP contribution in [0.15, 0.2) is 18.2 Å². The number of urea groups is 1. The molecule has 108 valence electrons. The second kappa shape index (κ2) is 6.33. The lowest BCUT2D eigenvalue weighted by Gasteiger charge is -2.32. The number of nitrogens with zero attached hydrogens (tertiary/aromatic N) is 1. The minimum atomic E-state index is -0.865. The standard InChI is InChI=1S/C13H14Cl2N2O3/c14-10-2-1-9(11(15)4-10)7-17-6-8(3-12(18)19)5-16-13(17)20/h1-2,4,8H,3,5-7H2,(H,16,20)(H,18,19). The Labute approximate surface area is 126 Å². The Balaban J connectivity index is 2.06. The number of carboxylic acids is 1. The van der Waals surface area contributed by atoms with Crippen molar-refractivity contribution in [1.82, 2.24) is 10.2 Å². The third kappa shape index (κ3) is 3.77. The molecule has 0 radical (unpaired) electrons. The molecule has 1 aliphatic heterocycles. The predicted molar refractivity (Wildman–Crippen MR) is 76.0 cm³/mol. The van der Waals surface area contributed by atoms with Gasteiger partial charge in [0.05, 0.1) is 6.42 Å². The average Bonchev–Trinajstić information content (AvgIpc) is 2.36. The molecule has 2 amide bonds. The van der Waals surface area contributed by atoms with Crippen LogP contribution in [-0.2, 0) is 11.3 Å². The molecule has 0 spiro atoms. The SMILES string of the molecule is O=C(O)CC1CNC(=O)N(Cc2ccc(Cl)cc2Cl)C1. The maximum atomic E-state index is 11.8. The van der Waals surface area contributed by atoms with E-state index in [0.29, 0.717) is 29.7 Å². The van der Waals surface area contributed by atoms with Crippen molar-refractivity contribution in [3.63, 3.8) is 0 Å². The minimum Gasteiger partial charge on any atom is -0.481 e. The number of carbonyl (C=O) groups is 2. The summed E-state index contributed by atoms with van der Waals surface area (Å²) < 4.78 is 0. The van der Waals surface area contributed by atoms with E-state index in [1.165, 1.54) is 0 Å². The van der Waals surface area contributed by atoms with E-state index in [-0.39, 0.29) is 18.4 Å². The molecule has 0 bridgehead atoms. The van der Waals surface area contributed by atoms with Crippen LogP contribution in [-0.4, -0.2) is 35.1 Å². The normalized spacial score (nSPS) is 18.8. The zero-order valence-electron chi connectivity index (χ0n) is 10.6. The van der Waals surface area contributed by atoms with Gasteiger partial charge in [-0.25, -0.2) is 4.79 Å². The van der Waals surface area contributed by atoms with Crippen molar-refractivity contribution in [3.8, 4) is 0 Å². The van der Waals surface area contributed by atoms with Crippen molar-refractivity contribution < 1.29 is 14.7 Å². The molecule has 1 aliphatic rings. The van der Waals surface area contributed by atoms with Crippen molar-refractivity contribution in [1.29, 1.82) is 0 Å². The maximum Gasteiger partial charge on any atom is 0.317 e. The highest BCUT2D eigenvalue weighted by Gasteiger charge is 2.27. The second-order valence-electron chi connectivity index (χ2n) is 4.77. The van der Waals surface area contributed by atoms with E-state index in [1.807, 2.05) is 0 Å². The van der Waals surface area contributed by atoms with Crippen LogP contribution in [0.1, 0.15) is 12.0 Å². The van der Waals surface area contributed by atoms with Crippen LogP contribution in [0.2, 0.25) is 10.0 Å². The number of carbonyl (C=O) groups excluding carboxylic acids is 1. The Kier molecular flexibility index (Phi) is 4.73. The summed E-state index contributed by atoms with van der Waals surface area (Å²) in [5.74, 6) is -0.966. The fraction of sp³-hybridized carbons (Fsp3) is 0.385. The zero-order valence-corrected chi connectivity index (χ0v) is 12.1. The Morgan fingerprint density at radius 1 is 1.45 bits per heavy atom. The average molecular weight is 317 g/mol. The zero-order chi connectivity index (χ0) is 14.7. The first kappa shape index (κ1) is 14.9. The van der Waals surface area contributed by atoms with Crippen molar-refractivity contribution in [2.75, 3.05) is 13.1 Å². The first-order chi connectivity index (χ1) is 9.45. The van der Waals surface area contributed by atoms with E-state index in [9.17, 15) is 9.59 Å². The van der Waals surface area contributed by atoms with E-state index in [4.69, 9.17) is 28.3 Å². The summed E-state index contributed by atoms with van der Waals surface area (Å²) in [4.78, 5) is 24.1.